The Bertz CT molecular complexity index is 419. The highest BCUT2D eigenvalue weighted by Gasteiger charge is 2.18. The number of benzene rings is 1. The van der Waals surface area contributed by atoms with Gasteiger partial charge in [0.2, 0.25) is 0 Å². The molecule has 0 saturated carbocycles. The summed E-state index contributed by atoms with van der Waals surface area (Å²) in [6.07, 6.45) is 0. The number of rotatable bonds is 4. The molecule has 0 saturated heterocycles. The third-order valence-corrected chi connectivity index (χ3v) is 2.71. The Morgan fingerprint density at radius 3 is 2.71 bits per heavy atom. The number of carbonyl (C=O) groups excluding carboxylic acids is 1. The fraction of sp³-hybridized carbons (Fsp3) is 0.417. The zero-order chi connectivity index (χ0) is 13.1. The van der Waals surface area contributed by atoms with Gasteiger partial charge in [0.25, 0.3) is 5.91 Å². The molecule has 4 nitrogen and oxygen atoms in total. The van der Waals surface area contributed by atoms with Crippen LogP contribution in [0.2, 0.25) is 5.02 Å². The van der Waals surface area contributed by atoms with Gasteiger partial charge in [0.15, 0.2) is 0 Å². The Morgan fingerprint density at radius 2 is 2.18 bits per heavy atom. The summed E-state index contributed by atoms with van der Waals surface area (Å²) in [6, 6.07) is 4.74. The number of halogens is 1. The number of hydrogen-bond acceptors (Lipinski definition) is 3. The fourth-order valence-electron chi connectivity index (χ4n) is 1.19. The standard InChI is InChI=1S/C12H17ClN2O2/c1-12(2,7-16)6-15-11(17)9-4-3-8(14)5-10(9)13/h3-5,16H,6-7,14H2,1-2H3,(H,15,17). The lowest BCUT2D eigenvalue weighted by Gasteiger charge is -2.21. The highest BCUT2D eigenvalue weighted by atomic mass is 35.5. The molecule has 0 radical (unpaired) electrons. The molecule has 0 aliphatic carbocycles. The first-order valence-corrected chi connectivity index (χ1v) is 5.67. The second kappa shape index (κ2) is 5.38. The van der Waals surface area contributed by atoms with E-state index >= 15 is 0 Å². The van der Waals surface area contributed by atoms with Crippen LogP contribution in [0.25, 0.3) is 0 Å². The van der Waals surface area contributed by atoms with Gasteiger partial charge in [-0.05, 0) is 18.2 Å². The van der Waals surface area contributed by atoms with Crippen LogP contribution in [0, 0.1) is 5.41 Å². The Hall–Kier alpha value is -1.26. The van der Waals surface area contributed by atoms with Crippen molar-refractivity contribution < 1.29 is 9.90 Å². The van der Waals surface area contributed by atoms with Crippen molar-refractivity contribution in [3.05, 3.63) is 28.8 Å². The summed E-state index contributed by atoms with van der Waals surface area (Å²) in [5.41, 5.74) is 6.09. The van der Waals surface area contributed by atoms with Crippen molar-refractivity contribution in [2.45, 2.75) is 13.8 Å². The molecule has 0 bridgehead atoms. The lowest BCUT2D eigenvalue weighted by Crippen LogP contribution is -2.36. The van der Waals surface area contributed by atoms with Crippen LogP contribution in [0.1, 0.15) is 24.2 Å². The summed E-state index contributed by atoms with van der Waals surface area (Å²) in [6.45, 7) is 4.10. The largest absolute Gasteiger partial charge is 0.399 e. The Morgan fingerprint density at radius 1 is 1.53 bits per heavy atom. The average molecular weight is 257 g/mol. The number of nitrogens with one attached hydrogen (secondary N) is 1. The van der Waals surface area contributed by atoms with E-state index in [1.165, 1.54) is 6.07 Å². The smallest absolute Gasteiger partial charge is 0.252 e. The number of carbonyl (C=O) groups is 1. The van der Waals surface area contributed by atoms with Crippen LogP contribution in [-0.4, -0.2) is 24.2 Å². The van der Waals surface area contributed by atoms with Gasteiger partial charge < -0.3 is 16.2 Å². The SMILES string of the molecule is CC(C)(CO)CNC(=O)c1ccc(N)cc1Cl. The van der Waals surface area contributed by atoms with Crippen LogP contribution >= 0.6 is 11.6 Å². The quantitative estimate of drug-likeness (QED) is 0.718. The van der Waals surface area contributed by atoms with Crippen molar-refractivity contribution in [2.75, 3.05) is 18.9 Å². The summed E-state index contributed by atoms with van der Waals surface area (Å²) in [4.78, 5) is 11.8. The number of hydrogen-bond donors (Lipinski definition) is 3. The van der Waals surface area contributed by atoms with Crippen molar-refractivity contribution in [3.63, 3.8) is 0 Å². The summed E-state index contributed by atoms with van der Waals surface area (Å²) in [5.74, 6) is -0.267. The van der Waals surface area contributed by atoms with Crippen LogP contribution in [0.5, 0.6) is 0 Å². The molecule has 1 aromatic carbocycles. The molecule has 0 aliphatic heterocycles. The fourth-order valence-corrected chi connectivity index (χ4v) is 1.46. The van der Waals surface area contributed by atoms with Gasteiger partial charge in [0.1, 0.15) is 0 Å². The van der Waals surface area contributed by atoms with Gasteiger partial charge in [-0.1, -0.05) is 25.4 Å². The monoisotopic (exact) mass is 256 g/mol. The maximum absolute atomic E-state index is 11.8. The summed E-state index contributed by atoms with van der Waals surface area (Å²) in [7, 11) is 0. The maximum Gasteiger partial charge on any atom is 0.252 e. The van der Waals surface area contributed by atoms with Crippen LogP contribution in [0.15, 0.2) is 18.2 Å². The Balaban J connectivity index is 2.71. The van der Waals surface area contributed by atoms with Crippen LogP contribution in [0.3, 0.4) is 0 Å². The second-order valence-electron chi connectivity index (χ2n) is 4.74. The number of aliphatic hydroxyl groups is 1. The van der Waals surface area contributed by atoms with Crippen molar-refractivity contribution in [1.82, 2.24) is 5.32 Å². The van der Waals surface area contributed by atoms with E-state index in [4.69, 9.17) is 22.4 Å². The van der Waals surface area contributed by atoms with E-state index in [-0.39, 0.29) is 17.9 Å². The molecule has 0 aliphatic rings. The zero-order valence-electron chi connectivity index (χ0n) is 9.96. The van der Waals surface area contributed by atoms with Gasteiger partial charge >= 0.3 is 0 Å². The number of nitrogens with two attached hydrogens (primary N) is 1. The first-order chi connectivity index (χ1) is 7.85. The minimum absolute atomic E-state index is 0.00273. The number of amides is 1. The third-order valence-electron chi connectivity index (χ3n) is 2.39. The van der Waals surface area contributed by atoms with Crippen LogP contribution in [0.4, 0.5) is 5.69 Å². The van der Waals surface area contributed by atoms with Crippen molar-refractivity contribution in [2.24, 2.45) is 5.41 Å². The van der Waals surface area contributed by atoms with E-state index < -0.39 is 0 Å². The van der Waals surface area contributed by atoms with E-state index in [0.717, 1.165) is 0 Å². The molecular formula is C12H17ClN2O2. The Kier molecular flexibility index (Phi) is 4.37. The lowest BCUT2D eigenvalue weighted by atomic mass is 9.95. The first kappa shape index (κ1) is 13.8. The molecular weight excluding hydrogens is 240 g/mol. The number of nitrogen functional groups attached to an aromatic ring is 1. The van der Waals surface area contributed by atoms with Gasteiger partial charge in [-0.25, -0.2) is 0 Å². The molecule has 0 aromatic heterocycles. The molecule has 0 fully saturated rings. The molecule has 1 amide bonds. The molecule has 94 valence electrons. The summed E-state index contributed by atoms with van der Waals surface area (Å²) >= 11 is 5.92. The third kappa shape index (κ3) is 3.91. The van der Waals surface area contributed by atoms with Gasteiger partial charge in [-0.2, -0.15) is 0 Å². The highest BCUT2D eigenvalue weighted by Crippen LogP contribution is 2.19. The predicted octanol–water partition coefficient (Wildman–Crippen LogP) is 1.67. The molecule has 1 aromatic rings. The van der Waals surface area contributed by atoms with Gasteiger partial charge in [0, 0.05) is 24.3 Å². The van der Waals surface area contributed by atoms with Crippen molar-refractivity contribution in [1.29, 1.82) is 0 Å². The van der Waals surface area contributed by atoms with Gasteiger partial charge in [0.05, 0.1) is 10.6 Å². The minimum Gasteiger partial charge on any atom is -0.399 e. The summed E-state index contributed by atoms with van der Waals surface area (Å²) < 4.78 is 0. The summed E-state index contributed by atoms with van der Waals surface area (Å²) in [5, 5.41) is 12.1. The number of anilines is 1. The van der Waals surface area contributed by atoms with Crippen LogP contribution < -0.4 is 11.1 Å². The molecule has 0 unspecified atom stereocenters. The zero-order valence-corrected chi connectivity index (χ0v) is 10.7. The molecule has 17 heavy (non-hydrogen) atoms. The molecule has 0 atom stereocenters. The van der Waals surface area contributed by atoms with Crippen LogP contribution in [-0.2, 0) is 0 Å². The minimum atomic E-state index is -0.351. The first-order valence-electron chi connectivity index (χ1n) is 5.30. The molecule has 4 N–H and O–H groups in total. The van der Waals surface area contributed by atoms with Crippen molar-refractivity contribution in [3.8, 4) is 0 Å². The van der Waals surface area contributed by atoms with Gasteiger partial charge in [-0.15, -0.1) is 0 Å². The number of aliphatic hydroxyl groups excluding tert-OH is 1. The van der Waals surface area contributed by atoms with E-state index in [2.05, 4.69) is 5.32 Å². The average Bonchev–Trinajstić information content (AvgIpc) is 2.26. The van der Waals surface area contributed by atoms with Gasteiger partial charge in [-0.3, -0.25) is 4.79 Å². The molecule has 5 heteroatoms. The van der Waals surface area contributed by atoms with E-state index in [1.54, 1.807) is 12.1 Å². The van der Waals surface area contributed by atoms with Crippen molar-refractivity contribution >= 4 is 23.2 Å². The van der Waals surface area contributed by atoms with E-state index in [0.29, 0.717) is 22.8 Å². The van der Waals surface area contributed by atoms with E-state index in [1.807, 2.05) is 13.8 Å². The van der Waals surface area contributed by atoms with E-state index in [9.17, 15) is 4.79 Å². The maximum atomic E-state index is 11.8. The molecule has 1 rings (SSSR count). The Labute approximate surface area is 106 Å². The lowest BCUT2D eigenvalue weighted by molar-refractivity contribution is 0.0911. The molecule has 0 spiro atoms. The highest BCUT2D eigenvalue weighted by molar-refractivity contribution is 6.34. The normalized spacial score (nSPS) is 11.3. The molecule has 0 heterocycles. The predicted molar refractivity (Wildman–Crippen MR) is 69.1 cm³/mol. The second-order valence-corrected chi connectivity index (χ2v) is 5.15. The topological polar surface area (TPSA) is 75.3 Å².